The molecule has 0 bridgehead atoms. The maximum atomic E-state index is 12.1. The number of benzene rings is 1. The quantitative estimate of drug-likeness (QED) is 0.460. The van der Waals surface area contributed by atoms with E-state index in [0.29, 0.717) is 12.2 Å². The lowest BCUT2D eigenvalue weighted by molar-refractivity contribution is -0.136. The molecule has 2 heterocycles. The molecular formula is C23H32N6O2. The number of rotatable bonds is 7. The van der Waals surface area contributed by atoms with Crippen LogP contribution in [-0.4, -0.2) is 61.0 Å². The molecule has 0 aliphatic carbocycles. The van der Waals surface area contributed by atoms with E-state index in [2.05, 4.69) is 25.4 Å². The van der Waals surface area contributed by atoms with Crippen LogP contribution in [0.25, 0.3) is 0 Å². The number of nitrogens with two attached hydrogens (primary N) is 1. The lowest BCUT2D eigenvalue weighted by Crippen LogP contribution is -2.47. The van der Waals surface area contributed by atoms with Crippen molar-refractivity contribution in [2.75, 3.05) is 49.5 Å². The van der Waals surface area contributed by atoms with E-state index in [0.717, 1.165) is 44.7 Å². The lowest BCUT2D eigenvalue weighted by atomic mass is 9.96. The van der Waals surface area contributed by atoms with E-state index in [1.807, 2.05) is 50.5 Å². The summed E-state index contributed by atoms with van der Waals surface area (Å²) in [4.78, 5) is 32.9. The molecule has 0 atom stereocenters. The van der Waals surface area contributed by atoms with Crippen LogP contribution < -0.4 is 21.3 Å². The molecule has 8 nitrogen and oxygen atoms in total. The number of piperazine rings is 1. The van der Waals surface area contributed by atoms with E-state index in [1.165, 1.54) is 5.69 Å². The highest BCUT2D eigenvalue weighted by Gasteiger charge is 2.18. The molecular weight excluding hydrogens is 392 g/mol. The SMILES string of the molecule is CC(C)(N)c1ccc(NC(=O)C(=O)NCCCN2CCN(c3ccncc3)CC2)cc1. The Morgan fingerprint density at radius 1 is 1.00 bits per heavy atom. The Balaban J connectivity index is 1.32. The second-order valence-electron chi connectivity index (χ2n) is 8.40. The number of pyridine rings is 1. The molecule has 1 aliphatic rings. The van der Waals surface area contributed by atoms with Gasteiger partial charge in [-0.2, -0.15) is 0 Å². The van der Waals surface area contributed by atoms with Crippen molar-refractivity contribution in [2.45, 2.75) is 25.8 Å². The maximum Gasteiger partial charge on any atom is 0.313 e. The van der Waals surface area contributed by atoms with Gasteiger partial charge in [-0.05, 0) is 56.6 Å². The van der Waals surface area contributed by atoms with Crippen molar-refractivity contribution in [2.24, 2.45) is 5.73 Å². The van der Waals surface area contributed by atoms with Gasteiger partial charge in [0.2, 0.25) is 0 Å². The summed E-state index contributed by atoms with van der Waals surface area (Å²) in [5, 5.41) is 5.32. The first-order chi connectivity index (χ1) is 14.8. The minimum Gasteiger partial charge on any atom is -0.369 e. The zero-order valence-electron chi connectivity index (χ0n) is 18.3. The molecule has 0 unspecified atom stereocenters. The minimum atomic E-state index is -0.661. The largest absolute Gasteiger partial charge is 0.369 e. The zero-order valence-corrected chi connectivity index (χ0v) is 18.3. The molecule has 166 valence electrons. The van der Waals surface area contributed by atoms with Crippen LogP contribution >= 0.6 is 0 Å². The number of hydrogen-bond donors (Lipinski definition) is 3. The molecule has 2 amide bonds. The summed E-state index contributed by atoms with van der Waals surface area (Å²) >= 11 is 0. The summed E-state index contributed by atoms with van der Waals surface area (Å²) in [6.07, 6.45) is 4.43. The lowest BCUT2D eigenvalue weighted by Gasteiger charge is -2.36. The second-order valence-corrected chi connectivity index (χ2v) is 8.40. The normalized spacial score (nSPS) is 14.9. The average Bonchev–Trinajstić information content (AvgIpc) is 2.77. The smallest absolute Gasteiger partial charge is 0.313 e. The first-order valence-corrected chi connectivity index (χ1v) is 10.7. The van der Waals surface area contributed by atoms with Crippen molar-refractivity contribution in [1.82, 2.24) is 15.2 Å². The molecule has 3 rings (SSSR count). The van der Waals surface area contributed by atoms with Gasteiger partial charge < -0.3 is 21.3 Å². The van der Waals surface area contributed by atoms with Crippen molar-refractivity contribution in [1.29, 1.82) is 0 Å². The standard InChI is InChI=1S/C23H32N6O2/c1-23(2,24)18-4-6-19(7-5-18)27-22(31)21(30)26-10-3-13-28-14-16-29(17-15-28)20-8-11-25-12-9-20/h4-9,11-12H,3,10,13-17,24H2,1-2H3,(H,26,30)(H,27,31). The van der Waals surface area contributed by atoms with Gasteiger partial charge >= 0.3 is 11.8 Å². The number of hydrogen-bond acceptors (Lipinski definition) is 6. The van der Waals surface area contributed by atoms with E-state index < -0.39 is 17.4 Å². The van der Waals surface area contributed by atoms with Crippen LogP contribution in [0.4, 0.5) is 11.4 Å². The summed E-state index contributed by atoms with van der Waals surface area (Å²) < 4.78 is 0. The molecule has 1 aromatic heterocycles. The second kappa shape index (κ2) is 10.4. The van der Waals surface area contributed by atoms with Crippen molar-refractivity contribution >= 4 is 23.2 Å². The number of nitrogens with zero attached hydrogens (tertiary/aromatic N) is 3. The van der Waals surface area contributed by atoms with E-state index in [9.17, 15) is 9.59 Å². The van der Waals surface area contributed by atoms with Gasteiger partial charge in [0, 0.05) is 62.0 Å². The van der Waals surface area contributed by atoms with Crippen LogP contribution in [0.5, 0.6) is 0 Å². The van der Waals surface area contributed by atoms with Crippen molar-refractivity contribution in [3.63, 3.8) is 0 Å². The first-order valence-electron chi connectivity index (χ1n) is 10.7. The molecule has 4 N–H and O–H groups in total. The van der Waals surface area contributed by atoms with Gasteiger partial charge in [0.15, 0.2) is 0 Å². The highest BCUT2D eigenvalue weighted by Crippen LogP contribution is 2.19. The van der Waals surface area contributed by atoms with E-state index in [4.69, 9.17) is 5.73 Å². The molecule has 1 aromatic carbocycles. The third-order valence-electron chi connectivity index (χ3n) is 5.43. The molecule has 1 saturated heterocycles. The van der Waals surface area contributed by atoms with Crippen LogP contribution in [-0.2, 0) is 15.1 Å². The Kier molecular flexibility index (Phi) is 7.59. The summed E-state index contributed by atoms with van der Waals surface area (Å²) in [6, 6.07) is 11.3. The Hall–Kier alpha value is -2.97. The monoisotopic (exact) mass is 424 g/mol. The molecule has 8 heteroatoms. The highest BCUT2D eigenvalue weighted by atomic mass is 16.2. The van der Waals surface area contributed by atoms with Crippen LogP contribution in [0.2, 0.25) is 0 Å². The number of amides is 2. The summed E-state index contributed by atoms with van der Waals surface area (Å²) in [5.41, 5.74) is 8.33. The van der Waals surface area contributed by atoms with E-state index in [1.54, 1.807) is 12.1 Å². The molecule has 0 radical (unpaired) electrons. The van der Waals surface area contributed by atoms with Gasteiger partial charge in [-0.25, -0.2) is 0 Å². The summed E-state index contributed by atoms with van der Waals surface area (Å²) in [7, 11) is 0. The Morgan fingerprint density at radius 3 is 2.26 bits per heavy atom. The van der Waals surface area contributed by atoms with Gasteiger partial charge in [0.25, 0.3) is 0 Å². The maximum absolute atomic E-state index is 12.1. The van der Waals surface area contributed by atoms with Crippen molar-refractivity contribution in [3.05, 3.63) is 54.4 Å². The number of carbonyl (C=O) groups excluding carboxylic acids is 2. The van der Waals surface area contributed by atoms with Crippen molar-refractivity contribution < 1.29 is 9.59 Å². The number of anilines is 2. The first kappa shape index (κ1) is 22.7. The van der Waals surface area contributed by atoms with Gasteiger partial charge in [-0.3, -0.25) is 19.5 Å². The average molecular weight is 425 g/mol. The number of nitrogens with one attached hydrogen (secondary N) is 2. The molecule has 0 spiro atoms. The molecule has 2 aromatic rings. The van der Waals surface area contributed by atoms with Gasteiger partial charge in [-0.1, -0.05) is 12.1 Å². The topological polar surface area (TPSA) is 104 Å². The molecule has 1 fully saturated rings. The van der Waals surface area contributed by atoms with Crippen LogP contribution in [0, 0.1) is 0 Å². The Labute approximate surface area is 183 Å². The molecule has 31 heavy (non-hydrogen) atoms. The molecule has 0 saturated carbocycles. The third kappa shape index (κ3) is 6.77. The van der Waals surface area contributed by atoms with Crippen LogP contribution in [0.15, 0.2) is 48.8 Å². The predicted molar refractivity (Wildman–Crippen MR) is 123 cm³/mol. The third-order valence-corrected chi connectivity index (χ3v) is 5.43. The highest BCUT2D eigenvalue weighted by molar-refractivity contribution is 6.39. The van der Waals surface area contributed by atoms with E-state index in [-0.39, 0.29) is 0 Å². The van der Waals surface area contributed by atoms with Gasteiger partial charge in [0.1, 0.15) is 0 Å². The van der Waals surface area contributed by atoms with Crippen LogP contribution in [0.1, 0.15) is 25.8 Å². The zero-order chi connectivity index (χ0) is 22.3. The fraction of sp³-hybridized carbons (Fsp3) is 0.435. The molecule has 1 aliphatic heterocycles. The minimum absolute atomic E-state index is 0.453. The summed E-state index contributed by atoms with van der Waals surface area (Å²) in [5.74, 6) is -1.28. The van der Waals surface area contributed by atoms with Gasteiger partial charge in [0.05, 0.1) is 0 Å². The fourth-order valence-electron chi connectivity index (χ4n) is 3.54. The van der Waals surface area contributed by atoms with E-state index >= 15 is 0 Å². The van der Waals surface area contributed by atoms with Crippen molar-refractivity contribution in [3.8, 4) is 0 Å². The number of aromatic nitrogens is 1. The number of carbonyl (C=O) groups is 2. The van der Waals surface area contributed by atoms with Crippen LogP contribution in [0.3, 0.4) is 0 Å². The predicted octanol–water partition coefficient (Wildman–Crippen LogP) is 1.54. The fourth-order valence-corrected chi connectivity index (χ4v) is 3.54. The van der Waals surface area contributed by atoms with Gasteiger partial charge in [-0.15, -0.1) is 0 Å². The Morgan fingerprint density at radius 2 is 1.65 bits per heavy atom. The summed E-state index contributed by atoms with van der Waals surface area (Å²) in [6.45, 7) is 9.08. The Bertz CT molecular complexity index is 856.